The standard InChI is InChI=1S/C24H21N5O2S/c1-29(15-17-8-3-2-4-9-17)24-28-21(16-32-24)23(31)27-20-12-6-5-11-19(20)22(30)26-18-10-7-13-25-14-18/h2-14,16H,15H2,1H3,(H,26,30)(H,27,31). The number of rotatable bonds is 7. The minimum atomic E-state index is -0.373. The number of nitrogens with zero attached hydrogens (tertiary/aromatic N) is 3. The lowest BCUT2D eigenvalue weighted by Gasteiger charge is -2.15. The molecule has 4 rings (SSSR count). The molecule has 2 aromatic heterocycles. The molecule has 32 heavy (non-hydrogen) atoms. The molecule has 0 fully saturated rings. The third kappa shape index (κ3) is 5.16. The summed E-state index contributed by atoms with van der Waals surface area (Å²) in [5.74, 6) is -0.710. The molecule has 0 aliphatic carbocycles. The van der Waals surface area contributed by atoms with Gasteiger partial charge in [-0.1, -0.05) is 42.5 Å². The number of thiazole rings is 1. The summed E-state index contributed by atoms with van der Waals surface area (Å²) in [6, 6.07) is 20.4. The molecule has 2 heterocycles. The van der Waals surface area contributed by atoms with Gasteiger partial charge in [-0.2, -0.15) is 0 Å². The van der Waals surface area contributed by atoms with Crippen LogP contribution in [-0.4, -0.2) is 28.8 Å². The van der Waals surface area contributed by atoms with Gasteiger partial charge >= 0.3 is 0 Å². The Morgan fingerprint density at radius 3 is 2.50 bits per heavy atom. The lowest BCUT2D eigenvalue weighted by molar-refractivity contribution is 0.102. The highest BCUT2D eigenvalue weighted by atomic mass is 32.1. The van der Waals surface area contributed by atoms with E-state index in [0.29, 0.717) is 29.2 Å². The van der Waals surface area contributed by atoms with E-state index >= 15 is 0 Å². The molecule has 0 saturated carbocycles. The second-order valence-corrected chi connectivity index (χ2v) is 7.89. The molecule has 0 unspecified atom stereocenters. The Bertz CT molecular complexity index is 1210. The van der Waals surface area contributed by atoms with Gasteiger partial charge in [0.05, 0.1) is 23.1 Å². The van der Waals surface area contributed by atoms with Gasteiger partial charge in [-0.25, -0.2) is 4.98 Å². The van der Waals surface area contributed by atoms with E-state index in [2.05, 4.69) is 20.6 Å². The van der Waals surface area contributed by atoms with Crippen LogP contribution in [0.5, 0.6) is 0 Å². The molecule has 0 saturated heterocycles. The van der Waals surface area contributed by atoms with Crippen molar-refractivity contribution < 1.29 is 9.59 Å². The van der Waals surface area contributed by atoms with Crippen LogP contribution in [0, 0.1) is 0 Å². The molecule has 0 radical (unpaired) electrons. The average Bonchev–Trinajstić information content (AvgIpc) is 3.31. The summed E-state index contributed by atoms with van der Waals surface area (Å²) in [7, 11) is 1.94. The van der Waals surface area contributed by atoms with Gasteiger partial charge in [0.15, 0.2) is 5.13 Å². The molecule has 0 aliphatic heterocycles. The third-order valence-electron chi connectivity index (χ3n) is 4.65. The largest absolute Gasteiger partial charge is 0.347 e. The number of benzene rings is 2. The Hall–Kier alpha value is -4.04. The van der Waals surface area contributed by atoms with Crippen LogP contribution in [0.1, 0.15) is 26.4 Å². The van der Waals surface area contributed by atoms with Crippen LogP contribution < -0.4 is 15.5 Å². The van der Waals surface area contributed by atoms with E-state index < -0.39 is 0 Å². The van der Waals surface area contributed by atoms with Crippen LogP contribution in [0.2, 0.25) is 0 Å². The van der Waals surface area contributed by atoms with Gasteiger partial charge in [0.25, 0.3) is 11.8 Å². The van der Waals surface area contributed by atoms with Crippen molar-refractivity contribution in [1.29, 1.82) is 0 Å². The molecular formula is C24H21N5O2S. The van der Waals surface area contributed by atoms with Gasteiger partial charge in [-0.3, -0.25) is 14.6 Å². The van der Waals surface area contributed by atoms with E-state index in [0.717, 1.165) is 10.7 Å². The molecule has 2 aromatic carbocycles. The highest BCUT2D eigenvalue weighted by Gasteiger charge is 2.17. The smallest absolute Gasteiger partial charge is 0.275 e. The van der Waals surface area contributed by atoms with E-state index in [-0.39, 0.29) is 11.8 Å². The van der Waals surface area contributed by atoms with Crippen molar-refractivity contribution in [2.75, 3.05) is 22.6 Å². The number of para-hydroxylation sites is 1. The fraction of sp³-hybridized carbons (Fsp3) is 0.0833. The molecule has 8 heteroatoms. The maximum atomic E-state index is 12.8. The number of nitrogens with one attached hydrogen (secondary N) is 2. The van der Waals surface area contributed by atoms with Crippen LogP contribution >= 0.6 is 11.3 Å². The highest BCUT2D eigenvalue weighted by Crippen LogP contribution is 2.23. The predicted octanol–water partition coefficient (Wildman–Crippen LogP) is 4.68. The molecule has 2 amide bonds. The zero-order chi connectivity index (χ0) is 22.3. The number of carbonyl (C=O) groups excluding carboxylic acids is 2. The van der Waals surface area contributed by atoms with Crippen LogP contribution in [-0.2, 0) is 6.54 Å². The summed E-state index contributed by atoms with van der Waals surface area (Å²) in [6.45, 7) is 0.687. The molecule has 0 atom stereocenters. The fourth-order valence-corrected chi connectivity index (χ4v) is 3.85. The van der Waals surface area contributed by atoms with Gasteiger partial charge in [-0.05, 0) is 29.8 Å². The average molecular weight is 444 g/mol. The van der Waals surface area contributed by atoms with Gasteiger partial charge in [0.2, 0.25) is 0 Å². The van der Waals surface area contributed by atoms with Crippen LogP contribution in [0.4, 0.5) is 16.5 Å². The van der Waals surface area contributed by atoms with E-state index in [1.165, 1.54) is 11.3 Å². The Labute approximate surface area is 189 Å². The maximum absolute atomic E-state index is 12.8. The predicted molar refractivity (Wildman–Crippen MR) is 127 cm³/mol. The maximum Gasteiger partial charge on any atom is 0.275 e. The number of amides is 2. The molecule has 0 aliphatic rings. The monoisotopic (exact) mass is 443 g/mol. The first-order chi connectivity index (χ1) is 15.6. The number of hydrogen-bond acceptors (Lipinski definition) is 6. The number of hydrogen-bond donors (Lipinski definition) is 2. The molecule has 7 nitrogen and oxygen atoms in total. The van der Waals surface area contributed by atoms with E-state index in [1.54, 1.807) is 54.2 Å². The molecular weight excluding hydrogens is 422 g/mol. The SMILES string of the molecule is CN(Cc1ccccc1)c1nc(C(=O)Nc2ccccc2C(=O)Nc2cccnc2)cs1. The van der Waals surface area contributed by atoms with E-state index in [4.69, 9.17) is 0 Å². The second kappa shape index (κ2) is 9.84. The first-order valence-electron chi connectivity index (χ1n) is 9.92. The van der Waals surface area contributed by atoms with E-state index in [1.807, 2.05) is 42.3 Å². The van der Waals surface area contributed by atoms with Crippen LogP contribution in [0.25, 0.3) is 0 Å². The fourth-order valence-electron chi connectivity index (χ4n) is 3.08. The number of pyridine rings is 1. The molecule has 2 N–H and O–H groups in total. The first-order valence-corrected chi connectivity index (χ1v) is 10.8. The Morgan fingerprint density at radius 2 is 1.72 bits per heavy atom. The van der Waals surface area contributed by atoms with E-state index in [9.17, 15) is 9.59 Å². The quantitative estimate of drug-likeness (QED) is 0.433. The van der Waals surface area contributed by atoms with Crippen molar-refractivity contribution >= 4 is 39.7 Å². The van der Waals surface area contributed by atoms with Crippen molar-refractivity contribution in [1.82, 2.24) is 9.97 Å². The minimum Gasteiger partial charge on any atom is -0.347 e. The van der Waals surface area contributed by atoms with Crippen molar-refractivity contribution in [2.45, 2.75) is 6.54 Å². The van der Waals surface area contributed by atoms with Crippen LogP contribution in [0.3, 0.4) is 0 Å². The van der Waals surface area contributed by atoms with Crippen molar-refractivity contribution in [3.63, 3.8) is 0 Å². The van der Waals surface area contributed by atoms with Gasteiger partial charge in [-0.15, -0.1) is 11.3 Å². The molecule has 4 aromatic rings. The number of aromatic nitrogens is 2. The summed E-state index contributed by atoms with van der Waals surface area (Å²) >= 11 is 1.40. The van der Waals surface area contributed by atoms with Crippen molar-refractivity contribution in [3.8, 4) is 0 Å². The summed E-state index contributed by atoms with van der Waals surface area (Å²) in [6.07, 6.45) is 3.19. The lowest BCUT2D eigenvalue weighted by atomic mass is 10.1. The Kier molecular flexibility index (Phi) is 6.52. The second-order valence-electron chi connectivity index (χ2n) is 7.05. The van der Waals surface area contributed by atoms with Gasteiger partial charge in [0, 0.05) is 25.2 Å². The summed E-state index contributed by atoms with van der Waals surface area (Å²) in [5, 5.41) is 8.04. The topological polar surface area (TPSA) is 87.2 Å². The van der Waals surface area contributed by atoms with Crippen molar-refractivity contribution in [3.05, 3.63) is 101 Å². The first kappa shape index (κ1) is 21.2. The van der Waals surface area contributed by atoms with Crippen molar-refractivity contribution in [2.24, 2.45) is 0 Å². The number of anilines is 3. The van der Waals surface area contributed by atoms with Gasteiger partial charge in [0.1, 0.15) is 5.69 Å². The zero-order valence-corrected chi connectivity index (χ0v) is 18.2. The normalized spacial score (nSPS) is 10.4. The Balaban J connectivity index is 1.45. The van der Waals surface area contributed by atoms with Gasteiger partial charge < -0.3 is 15.5 Å². The third-order valence-corrected chi connectivity index (χ3v) is 5.61. The summed E-state index contributed by atoms with van der Waals surface area (Å²) < 4.78 is 0. The minimum absolute atomic E-state index is 0.299. The molecule has 0 bridgehead atoms. The highest BCUT2D eigenvalue weighted by molar-refractivity contribution is 7.13. The molecule has 160 valence electrons. The summed E-state index contributed by atoms with van der Waals surface area (Å²) in [5.41, 5.74) is 2.79. The Morgan fingerprint density at radius 1 is 0.938 bits per heavy atom. The van der Waals surface area contributed by atoms with Crippen LogP contribution in [0.15, 0.2) is 84.5 Å². The number of carbonyl (C=O) groups is 2. The lowest BCUT2D eigenvalue weighted by Crippen LogP contribution is -2.19. The zero-order valence-electron chi connectivity index (χ0n) is 17.4. The molecule has 0 spiro atoms. The summed E-state index contributed by atoms with van der Waals surface area (Å²) in [4.78, 5) is 36.0.